The molecular weight excluding hydrogens is 947 g/mol. The first kappa shape index (κ1) is 52.6. The molecule has 0 unspecified atom stereocenters. The van der Waals surface area contributed by atoms with Crippen LogP contribution in [-0.2, 0) is 45.1 Å². The SMILES string of the molecule is CCOCCOC(=O)Cl.CCOCCOC(=O)Oc1c(-c2c(C)ccc(-c3ccc(Cl)cc3)c2C)c(=O)n2n1CCCC2.Cc1ccc(-c2ccc(Cl)cc2)c(C)c1-c1c(O)n2n(c1=O)CCCC2. The highest BCUT2D eigenvalue weighted by atomic mass is 35.5. The Bertz CT molecular complexity index is 2860. The van der Waals surface area contributed by atoms with Gasteiger partial charge in [-0.05, 0) is 147 Å². The summed E-state index contributed by atoms with van der Waals surface area (Å²) in [4.78, 5) is 49.0. The summed E-state index contributed by atoms with van der Waals surface area (Å²) in [6.45, 7) is 16.3. The van der Waals surface area contributed by atoms with Crippen molar-refractivity contribution in [1.29, 1.82) is 0 Å². The third kappa shape index (κ3) is 12.5. The van der Waals surface area contributed by atoms with E-state index in [2.05, 4.69) is 10.8 Å². The van der Waals surface area contributed by atoms with Gasteiger partial charge in [0.1, 0.15) is 24.3 Å². The lowest BCUT2D eigenvalue weighted by Gasteiger charge is -2.19. The van der Waals surface area contributed by atoms with Crippen molar-refractivity contribution < 1.29 is 38.4 Å². The Morgan fingerprint density at radius 1 is 0.551 bits per heavy atom. The van der Waals surface area contributed by atoms with Crippen molar-refractivity contribution in [1.82, 2.24) is 18.7 Å². The lowest BCUT2D eigenvalue weighted by molar-refractivity contribution is 0.0537. The molecule has 368 valence electrons. The molecule has 0 spiro atoms. The molecule has 6 aromatic rings. The van der Waals surface area contributed by atoms with Gasteiger partial charge in [-0.25, -0.2) is 19.0 Å². The van der Waals surface area contributed by atoms with Crippen LogP contribution in [0.2, 0.25) is 10.0 Å². The van der Waals surface area contributed by atoms with Crippen LogP contribution in [0.25, 0.3) is 44.5 Å². The molecule has 0 radical (unpaired) electrons. The van der Waals surface area contributed by atoms with E-state index in [1.807, 2.05) is 108 Å². The molecule has 0 bridgehead atoms. The smallest absolute Gasteiger partial charge is 0.493 e. The van der Waals surface area contributed by atoms with Crippen LogP contribution in [0, 0.1) is 27.7 Å². The third-order valence-electron chi connectivity index (χ3n) is 12.0. The van der Waals surface area contributed by atoms with Crippen LogP contribution >= 0.6 is 34.8 Å². The largest absolute Gasteiger partial charge is 0.515 e. The Labute approximate surface area is 416 Å². The molecular formula is C52H59Cl3N4O10. The van der Waals surface area contributed by atoms with E-state index in [1.165, 1.54) is 0 Å². The van der Waals surface area contributed by atoms with Gasteiger partial charge in [0.15, 0.2) is 0 Å². The molecule has 0 amide bonds. The summed E-state index contributed by atoms with van der Waals surface area (Å²) in [5.74, 6) is 0.305. The Kier molecular flexibility index (Phi) is 18.8. The van der Waals surface area contributed by atoms with E-state index < -0.39 is 11.6 Å². The summed E-state index contributed by atoms with van der Waals surface area (Å²) in [6.07, 6.45) is 2.88. The summed E-state index contributed by atoms with van der Waals surface area (Å²) in [5.41, 5.74) is 9.20. The highest BCUT2D eigenvalue weighted by Gasteiger charge is 2.30. The number of halogens is 3. The molecule has 0 saturated carbocycles. The maximum Gasteiger partial charge on any atom is 0.515 e. The van der Waals surface area contributed by atoms with Crippen molar-refractivity contribution in [3.05, 3.63) is 126 Å². The van der Waals surface area contributed by atoms with E-state index in [1.54, 1.807) is 18.7 Å². The molecule has 0 atom stereocenters. The van der Waals surface area contributed by atoms with Crippen molar-refractivity contribution in [2.75, 3.05) is 39.6 Å². The highest BCUT2D eigenvalue weighted by molar-refractivity contribution is 6.61. The molecule has 17 heteroatoms. The van der Waals surface area contributed by atoms with Gasteiger partial charge in [0.05, 0.1) is 13.2 Å². The molecule has 2 aliphatic heterocycles. The van der Waals surface area contributed by atoms with Gasteiger partial charge in [0.25, 0.3) is 11.1 Å². The molecule has 69 heavy (non-hydrogen) atoms. The van der Waals surface area contributed by atoms with Crippen LogP contribution in [0.15, 0.2) is 82.4 Å². The zero-order valence-electron chi connectivity index (χ0n) is 39.9. The lowest BCUT2D eigenvalue weighted by atomic mass is 9.90. The van der Waals surface area contributed by atoms with Crippen LogP contribution in [0.1, 0.15) is 61.8 Å². The second-order valence-corrected chi connectivity index (χ2v) is 17.6. The fourth-order valence-electron chi connectivity index (χ4n) is 8.73. The number of hydrogen-bond donors (Lipinski definition) is 1. The standard InChI is InChI=1S/C26H29ClN2O5.C21H21ClN2O2.C5H9ClO3/c1-4-32-15-16-33-26(31)34-25-23(24(30)28-13-5-6-14-29(25)28)22-17(2)7-12-21(18(22)3)19-8-10-20(27)11-9-19;1-13-5-10-17(15-6-8-16(22)9-7-15)14(2)18(13)19-20(25)23-11-3-4-12-24(23)21(19)26;1-2-8-3-4-9-5(6)7/h7-12H,4-6,13-16H2,1-3H3;5-10,25H,3-4,11-12H2,1-2H3;2-4H2,1H3. The quantitative estimate of drug-likeness (QED) is 0.0671. The van der Waals surface area contributed by atoms with Crippen LogP contribution < -0.4 is 15.9 Å². The number of carbonyl (C=O) groups is 2. The van der Waals surface area contributed by atoms with Crippen molar-refractivity contribution >= 4 is 46.4 Å². The minimum Gasteiger partial charge on any atom is -0.493 e. The zero-order valence-corrected chi connectivity index (χ0v) is 42.1. The maximum absolute atomic E-state index is 13.6. The Hall–Kier alpha value is -5.77. The number of hydrogen-bond acceptors (Lipinski definition) is 10. The average molecular weight is 1010 g/mol. The summed E-state index contributed by atoms with van der Waals surface area (Å²) in [6, 6.07) is 23.3. The van der Waals surface area contributed by atoms with Gasteiger partial charge in [-0.3, -0.25) is 19.0 Å². The fraction of sp³-hybridized carbons (Fsp3) is 0.385. The van der Waals surface area contributed by atoms with Crippen molar-refractivity contribution in [2.24, 2.45) is 0 Å². The van der Waals surface area contributed by atoms with Gasteiger partial charge in [0.2, 0.25) is 11.8 Å². The van der Waals surface area contributed by atoms with Gasteiger partial charge in [-0.1, -0.05) is 71.7 Å². The summed E-state index contributed by atoms with van der Waals surface area (Å²) >= 11 is 16.9. The number of aryl methyl sites for hydroxylation is 2. The van der Waals surface area contributed by atoms with Crippen molar-refractivity contribution in [3.8, 4) is 56.3 Å². The normalized spacial score (nSPS) is 12.7. The van der Waals surface area contributed by atoms with Crippen LogP contribution in [0.5, 0.6) is 11.8 Å². The van der Waals surface area contributed by atoms with E-state index in [4.69, 9.17) is 53.8 Å². The van der Waals surface area contributed by atoms with E-state index in [9.17, 15) is 24.3 Å². The lowest BCUT2D eigenvalue weighted by Crippen LogP contribution is -2.28. The molecule has 8 rings (SSSR count). The fourth-order valence-corrected chi connectivity index (χ4v) is 9.06. The predicted octanol–water partition coefficient (Wildman–Crippen LogP) is 11.8. The number of nitrogens with zero attached hydrogens (tertiary/aromatic N) is 4. The Morgan fingerprint density at radius 2 is 0.971 bits per heavy atom. The van der Waals surface area contributed by atoms with Crippen molar-refractivity contribution in [2.45, 2.75) is 93.4 Å². The first-order chi connectivity index (χ1) is 33.2. The Balaban J connectivity index is 0.000000197. The number of aromatic hydroxyl groups is 1. The van der Waals surface area contributed by atoms with Crippen LogP contribution in [0.4, 0.5) is 9.59 Å². The Morgan fingerprint density at radius 3 is 1.43 bits per heavy atom. The molecule has 2 aromatic heterocycles. The van der Waals surface area contributed by atoms with E-state index >= 15 is 0 Å². The number of carbonyl (C=O) groups excluding carboxylic acids is 2. The first-order valence-electron chi connectivity index (χ1n) is 23.1. The molecule has 4 heterocycles. The molecule has 0 aliphatic carbocycles. The second-order valence-electron chi connectivity index (χ2n) is 16.5. The molecule has 14 nitrogen and oxygen atoms in total. The van der Waals surface area contributed by atoms with Gasteiger partial charge in [-0.2, -0.15) is 0 Å². The minimum atomic E-state index is -0.850. The topological polar surface area (TPSA) is 154 Å². The number of rotatable bonds is 13. The first-order valence-corrected chi connectivity index (χ1v) is 24.2. The van der Waals surface area contributed by atoms with Gasteiger partial charge in [0, 0.05) is 61.0 Å². The van der Waals surface area contributed by atoms with Gasteiger partial charge < -0.3 is 28.8 Å². The minimum absolute atomic E-state index is 0.0779. The maximum atomic E-state index is 13.6. The monoisotopic (exact) mass is 1000 g/mol. The summed E-state index contributed by atoms with van der Waals surface area (Å²) in [5, 5.41) is 12.1. The van der Waals surface area contributed by atoms with E-state index in [0.717, 1.165) is 81.3 Å². The summed E-state index contributed by atoms with van der Waals surface area (Å²) in [7, 11) is 0. The van der Waals surface area contributed by atoms with Gasteiger partial charge >= 0.3 is 11.6 Å². The second kappa shape index (κ2) is 24.7. The van der Waals surface area contributed by atoms with Crippen molar-refractivity contribution in [3.63, 3.8) is 0 Å². The molecule has 4 aromatic carbocycles. The zero-order chi connectivity index (χ0) is 49.8. The number of benzene rings is 4. The summed E-state index contributed by atoms with van der Waals surface area (Å²) < 4.78 is 32.1. The molecule has 1 N–H and O–H groups in total. The molecule has 2 aliphatic rings. The van der Waals surface area contributed by atoms with E-state index in [0.29, 0.717) is 67.2 Å². The average Bonchev–Trinajstić information content (AvgIpc) is 3.75. The van der Waals surface area contributed by atoms with Crippen LogP contribution in [0.3, 0.4) is 0 Å². The predicted molar refractivity (Wildman–Crippen MR) is 270 cm³/mol. The molecule has 0 saturated heterocycles. The number of aromatic nitrogens is 4. The van der Waals surface area contributed by atoms with Crippen LogP contribution in [-0.4, -0.2) is 75.1 Å². The molecule has 0 fully saturated rings. The number of ether oxygens (including phenoxy) is 5. The number of fused-ring (bicyclic) bond motifs is 2. The highest BCUT2D eigenvalue weighted by Crippen LogP contribution is 2.40. The van der Waals surface area contributed by atoms with E-state index in [-0.39, 0.29) is 42.7 Å². The third-order valence-corrected chi connectivity index (χ3v) is 12.6. The van der Waals surface area contributed by atoms with Gasteiger partial charge in [-0.15, -0.1) is 0 Å².